The smallest absolute Gasteiger partial charge is 0.270 e. The van der Waals surface area contributed by atoms with Crippen molar-refractivity contribution in [3.63, 3.8) is 0 Å². The van der Waals surface area contributed by atoms with Gasteiger partial charge in [0.05, 0.1) is 0 Å². The molecule has 0 unspecified atom stereocenters. The molecule has 0 radical (unpaired) electrons. The van der Waals surface area contributed by atoms with Crippen LogP contribution in [0.15, 0.2) is 47.4 Å². The fraction of sp³-hybridized carbons (Fsp3) is 0.333. The van der Waals surface area contributed by atoms with Gasteiger partial charge in [-0.05, 0) is 49.9 Å². The van der Waals surface area contributed by atoms with Crippen molar-refractivity contribution in [3.05, 3.63) is 54.0 Å². The van der Waals surface area contributed by atoms with E-state index in [4.69, 9.17) is 5.73 Å². The molecule has 0 bridgehead atoms. The number of amides is 1. The molecule has 0 saturated heterocycles. The number of benzene rings is 1. The molecule has 3 rings (SSSR count). The minimum atomic E-state index is -3.97. The van der Waals surface area contributed by atoms with Gasteiger partial charge in [-0.1, -0.05) is 18.2 Å². The quantitative estimate of drug-likeness (QED) is 0.718. The van der Waals surface area contributed by atoms with E-state index in [1.165, 1.54) is 18.2 Å². The van der Waals surface area contributed by atoms with Crippen molar-refractivity contribution in [1.29, 1.82) is 0 Å². The van der Waals surface area contributed by atoms with Gasteiger partial charge < -0.3 is 11.1 Å². The van der Waals surface area contributed by atoms with Gasteiger partial charge in [-0.15, -0.1) is 0 Å². The van der Waals surface area contributed by atoms with Crippen LogP contribution in [0.5, 0.6) is 0 Å². The second-order valence-electron chi connectivity index (χ2n) is 6.53. The first-order valence-electron chi connectivity index (χ1n) is 8.65. The second-order valence-corrected chi connectivity index (χ2v) is 8.22. The third-order valence-corrected chi connectivity index (χ3v) is 6.01. The summed E-state index contributed by atoms with van der Waals surface area (Å²) in [5.41, 5.74) is 5.80. The Hall–Kier alpha value is -2.52. The lowest BCUT2D eigenvalue weighted by Gasteiger charge is -2.30. The molecule has 27 heavy (non-hydrogen) atoms. The summed E-state index contributed by atoms with van der Waals surface area (Å²) in [6, 6.07) is 9.44. The first-order chi connectivity index (χ1) is 12.8. The molecule has 1 fully saturated rings. The zero-order valence-electron chi connectivity index (χ0n) is 14.6. The molecule has 7 nitrogen and oxygen atoms in total. The summed E-state index contributed by atoms with van der Waals surface area (Å²) >= 11 is 0. The van der Waals surface area contributed by atoms with E-state index in [2.05, 4.69) is 15.0 Å². The Bertz CT molecular complexity index is 936. The molecule has 0 aliphatic heterocycles. The van der Waals surface area contributed by atoms with Crippen molar-refractivity contribution in [2.24, 2.45) is 0 Å². The molecular weight excluding hydrogens is 371 g/mol. The van der Waals surface area contributed by atoms with Crippen LogP contribution in [0.4, 0.5) is 10.2 Å². The average Bonchev–Trinajstić information content (AvgIpc) is 2.62. The predicted molar refractivity (Wildman–Crippen MR) is 98.9 cm³/mol. The predicted octanol–water partition coefficient (Wildman–Crippen LogP) is 1.82. The number of aromatic nitrogens is 1. The van der Waals surface area contributed by atoms with E-state index in [9.17, 15) is 17.6 Å². The van der Waals surface area contributed by atoms with Crippen molar-refractivity contribution in [2.75, 3.05) is 5.73 Å². The van der Waals surface area contributed by atoms with Crippen LogP contribution in [0.3, 0.4) is 0 Å². The normalized spacial score (nSPS) is 20.2. The van der Waals surface area contributed by atoms with Gasteiger partial charge in [-0.3, -0.25) is 4.79 Å². The topological polar surface area (TPSA) is 114 Å². The number of nitrogens with two attached hydrogens (primary N) is 1. The summed E-state index contributed by atoms with van der Waals surface area (Å²) in [6.07, 6.45) is 2.50. The summed E-state index contributed by atoms with van der Waals surface area (Å²) in [5.74, 6) is -0.898. The largest absolute Gasteiger partial charge is 0.384 e. The number of nitrogens with zero attached hydrogens (tertiary/aromatic N) is 1. The number of carbonyl (C=O) groups is 1. The zero-order valence-corrected chi connectivity index (χ0v) is 15.4. The minimum absolute atomic E-state index is 0.206. The van der Waals surface area contributed by atoms with Gasteiger partial charge in [0, 0.05) is 12.1 Å². The van der Waals surface area contributed by atoms with Crippen molar-refractivity contribution in [1.82, 2.24) is 15.0 Å². The van der Waals surface area contributed by atoms with E-state index in [1.807, 2.05) is 0 Å². The number of hydrogen-bond acceptors (Lipinski definition) is 5. The number of pyridine rings is 1. The summed E-state index contributed by atoms with van der Waals surface area (Å²) in [4.78, 5) is 15.9. The molecule has 1 aromatic carbocycles. The van der Waals surface area contributed by atoms with Crippen LogP contribution >= 0.6 is 0 Å². The van der Waals surface area contributed by atoms with Crippen molar-refractivity contribution >= 4 is 21.7 Å². The lowest BCUT2D eigenvalue weighted by molar-refractivity contribution is 0.0920. The molecule has 1 aromatic heterocycles. The maximum absolute atomic E-state index is 13.8. The third kappa shape index (κ3) is 4.81. The maximum Gasteiger partial charge on any atom is 0.270 e. The molecular formula is C18H21FN4O3S. The van der Waals surface area contributed by atoms with E-state index in [0.717, 1.165) is 18.9 Å². The first-order valence-corrected chi connectivity index (χ1v) is 10.1. The Kier molecular flexibility index (Phi) is 5.71. The third-order valence-electron chi connectivity index (χ3n) is 4.46. The molecule has 1 amide bonds. The van der Waals surface area contributed by atoms with E-state index in [-0.39, 0.29) is 34.4 Å². The van der Waals surface area contributed by atoms with Crippen LogP contribution < -0.4 is 15.8 Å². The van der Waals surface area contributed by atoms with Crippen molar-refractivity contribution < 1.29 is 17.6 Å². The highest BCUT2D eigenvalue weighted by atomic mass is 32.2. The Balaban J connectivity index is 1.64. The van der Waals surface area contributed by atoms with Gasteiger partial charge in [-0.25, -0.2) is 22.5 Å². The number of nitrogen functional groups attached to an aromatic ring is 1. The first kappa shape index (κ1) is 19.2. The molecule has 2 atom stereocenters. The highest BCUT2D eigenvalue weighted by Crippen LogP contribution is 2.22. The van der Waals surface area contributed by atoms with E-state index in [1.54, 1.807) is 18.2 Å². The van der Waals surface area contributed by atoms with Gasteiger partial charge in [0.15, 0.2) is 0 Å². The Morgan fingerprint density at radius 1 is 1.11 bits per heavy atom. The number of halogens is 1. The lowest BCUT2D eigenvalue weighted by atomic mass is 9.91. The molecule has 2 aromatic rings. The lowest BCUT2D eigenvalue weighted by Crippen LogP contribution is -2.46. The molecule has 9 heteroatoms. The number of hydrogen-bond donors (Lipinski definition) is 3. The standard InChI is InChI=1S/C18H21FN4O3S/c19-14-7-1-2-9-16(14)27(25,26)23-13-6-3-5-12(11-13)21-18(24)15-8-4-10-17(20)22-15/h1-2,4,7-10,12-13,23H,3,5-6,11H2,(H2,20,22)(H,21,24)/t12-,13-/m1/s1. The summed E-state index contributed by atoms with van der Waals surface area (Å²) < 4.78 is 41.3. The van der Waals surface area contributed by atoms with Crippen molar-refractivity contribution in [3.8, 4) is 0 Å². The fourth-order valence-electron chi connectivity index (χ4n) is 3.21. The molecule has 4 N–H and O–H groups in total. The monoisotopic (exact) mass is 392 g/mol. The second kappa shape index (κ2) is 8.01. The highest BCUT2D eigenvalue weighted by molar-refractivity contribution is 7.89. The van der Waals surface area contributed by atoms with E-state index < -0.39 is 15.8 Å². The van der Waals surface area contributed by atoms with Gasteiger partial charge >= 0.3 is 0 Å². The molecule has 1 heterocycles. The number of rotatable bonds is 5. The minimum Gasteiger partial charge on any atom is -0.384 e. The number of nitrogens with one attached hydrogen (secondary N) is 2. The van der Waals surface area contributed by atoms with Crippen LogP contribution in [0.2, 0.25) is 0 Å². The molecule has 1 aliphatic carbocycles. The Morgan fingerprint density at radius 2 is 1.85 bits per heavy atom. The Labute approximate surface area is 157 Å². The SMILES string of the molecule is Nc1cccc(C(=O)N[C@@H]2CCC[C@@H](NS(=O)(=O)c3ccccc3F)C2)n1. The number of anilines is 1. The Morgan fingerprint density at radius 3 is 2.59 bits per heavy atom. The molecule has 1 aliphatic rings. The summed E-state index contributed by atoms with van der Waals surface area (Å²) in [7, 11) is -3.97. The maximum atomic E-state index is 13.8. The van der Waals surface area contributed by atoms with Crippen LogP contribution in [0, 0.1) is 5.82 Å². The summed E-state index contributed by atoms with van der Waals surface area (Å²) in [6.45, 7) is 0. The fourth-order valence-corrected chi connectivity index (χ4v) is 4.57. The van der Waals surface area contributed by atoms with Gasteiger partial charge in [0.1, 0.15) is 22.2 Å². The van der Waals surface area contributed by atoms with Crippen molar-refractivity contribution in [2.45, 2.75) is 42.7 Å². The van der Waals surface area contributed by atoms with Crippen LogP contribution in [-0.4, -0.2) is 31.4 Å². The molecule has 0 spiro atoms. The van der Waals surface area contributed by atoms with Gasteiger partial charge in [-0.2, -0.15) is 0 Å². The van der Waals surface area contributed by atoms with Gasteiger partial charge in [0.2, 0.25) is 10.0 Å². The summed E-state index contributed by atoms with van der Waals surface area (Å²) in [5, 5.41) is 2.86. The molecule has 144 valence electrons. The zero-order chi connectivity index (χ0) is 19.4. The van der Waals surface area contributed by atoms with E-state index in [0.29, 0.717) is 12.8 Å². The van der Waals surface area contributed by atoms with Crippen LogP contribution in [0.25, 0.3) is 0 Å². The average molecular weight is 392 g/mol. The highest BCUT2D eigenvalue weighted by Gasteiger charge is 2.28. The number of sulfonamides is 1. The van der Waals surface area contributed by atoms with Crippen LogP contribution in [-0.2, 0) is 10.0 Å². The van der Waals surface area contributed by atoms with Gasteiger partial charge in [0.25, 0.3) is 5.91 Å². The number of carbonyl (C=O) groups excluding carboxylic acids is 1. The molecule has 1 saturated carbocycles. The van der Waals surface area contributed by atoms with Crippen LogP contribution in [0.1, 0.15) is 36.2 Å². The van der Waals surface area contributed by atoms with E-state index >= 15 is 0 Å².